The standard InChI is InChI=1S/C15H22O4/c1-4-13(15(17)19-5-2)14(16)12-8-6-11(7-9-12)10-18-3/h6-9,13-14,16H,4-5,10H2,1-3H3. The lowest BCUT2D eigenvalue weighted by Crippen LogP contribution is -2.24. The summed E-state index contributed by atoms with van der Waals surface area (Å²) in [6.07, 6.45) is -0.291. The Kier molecular flexibility index (Phi) is 6.53. The lowest BCUT2D eigenvalue weighted by atomic mass is 9.93. The molecule has 2 unspecified atom stereocenters. The van der Waals surface area contributed by atoms with Crippen LogP contribution < -0.4 is 0 Å². The zero-order chi connectivity index (χ0) is 14.3. The van der Waals surface area contributed by atoms with Crippen LogP contribution in [0.3, 0.4) is 0 Å². The number of hydrogen-bond acceptors (Lipinski definition) is 4. The van der Waals surface area contributed by atoms with Gasteiger partial charge in [-0.3, -0.25) is 4.79 Å². The van der Waals surface area contributed by atoms with Gasteiger partial charge in [-0.05, 0) is 24.5 Å². The summed E-state index contributed by atoms with van der Waals surface area (Å²) >= 11 is 0. The molecule has 1 aromatic rings. The first-order chi connectivity index (χ1) is 9.13. The minimum absolute atomic E-state index is 0.328. The summed E-state index contributed by atoms with van der Waals surface area (Å²) in [6.45, 7) is 4.49. The maximum Gasteiger partial charge on any atom is 0.311 e. The Morgan fingerprint density at radius 3 is 2.37 bits per heavy atom. The average Bonchev–Trinajstić information content (AvgIpc) is 2.41. The third-order valence-corrected chi connectivity index (χ3v) is 3.04. The van der Waals surface area contributed by atoms with Crippen molar-refractivity contribution < 1.29 is 19.4 Å². The highest BCUT2D eigenvalue weighted by Gasteiger charge is 2.27. The number of aliphatic hydroxyl groups excluding tert-OH is 1. The fraction of sp³-hybridized carbons (Fsp3) is 0.533. The molecule has 19 heavy (non-hydrogen) atoms. The molecule has 106 valence electrons. The maximum absolute atomic E-state index is 11.8. The van der Waals surface area contributed by atoms with E-state index in [1.165, 1.54) is 0 Å². The number of ether oxygens (including phenoxy) is 2. The molecule has 2 atom stereocenters. The minimum atomic E-state index is -0.833. The first kappa shape index (κ1) is 15.7. The number of methoxy groups -OCH3 is 1. The summed E-state index contributed by atoms with van der Waals surface area (Å²) in [5.41, 5.74) is 1.75. The predicted octanol–water partition coefficient (Wildman–Crippen LogP) is 2.46. The Morgan fingerprint density at radius 1 is 1.26 bits per heavy atom. The van der Waals surface area contributed by atoms with Crippen LogP contribution in [0.5, 0.6) is 0 Å². The number of carbonyl (C=O) groups is 1. The predicted molar refractivity (Wildman–Crippen MR) is 72.5 cm³/mol. The van der Waals surface area contributed by atoms with Crippen LogP contribution >= 0.6 is 0 Å². The number of hydrogen-bond donors (Lipinski definition) is 1. The molecule has 0 amide bonds. The van der Waals surface area contributed by atoms with Crippen LogP contribution in [0.2, 0.25) is 0 Å². The van der Waals surface area contributed by atoms with Crippen molar-refractivity contribution in [3.63, 3.8) is 0 Å². The van der Waals surface area contributed by atoms with E-state index in [0.29, 0.717) is 19.6 Å². The van der Waals surface area contributed by atoms with Gasteiger partial charge in [-0.1, -0.05) is 31.2 Å². The van der Waals surface area contributed by atoms with E-state index < -0.39 is 12.0 Å². The van der Waals surface area contributed by atoms with E-state index in [4.69, 9.17) is 9.47 Å². The van der Waals surface area contributed by atoms with Crippen LogP contribution in [0.4, 0.5) is 0 Å². The van der Waals surface area contributed by atoms with Crippen LogP contribution in [0.25, 0.3) is 0 Å². The van der Waals surface area contributed by atoms with Gasteiger partial charge in [0.2, 0.25) is 0 Å². The fourth-order valence-corrected chi connectivity index (χ4v) is 1.98. The van der Waals surface area contributed by atoms with E-state index in [1.54, 1.807) is 14.0 Å². The number of benzene rings is 1. The van der Waals surface area contributed by atoms with Gasteiger partial charge in [0, 0.05) is 7.11 Å². The van der Waals surface area contributed by atoms with Crippen LogP contribution in [0.1, 0.15) is 37.5 Å². The molecule has 0 saturated heterocycles. The highest BCUT2D eigenvalue weighted by Crippen LogP contribution is 2.26. The fourth-order valence-electron chi connectivity index (χ4n) is 1.98. The Hall–Kier alpha value is -1.39. The molecule has 1 rings (SSSR count). The van der Waals surface area contributed by atoms with Crippen molar-refractivity contribution in [2.75, 3.05) is 13.7 Å². The average molecular weight is 266 g/mol. The van der Waals surface area contributed by atoms with Gasteiger partial charge in [-0.2, -0.15) is 0 Å². The van der Waals surface area contributed by atoms with Crippen molar-refractivity contribution in [2.24, 2.45) is 5.92 Å². The van der Waals surface area contributed by atoms with Gasteiger partial charge in [0.05, 0.1) is 25.2 Å². The molecule has 0 fully saturated rings. The molecule has 1 aromatic carbocycles. The SMILES string of the molecule is CCOC(=O)C(CC)C(O)c1ccc(COC)cc1. The Bertz CT molecular complexity index is 386. The van der Waals surface area contributed by atoms with Crippen molar-refractivity contribution in [1.82, 2.24) is 0 Å². The molecule has 0 radical (unpaired) electrons. The molecule has 1 N–H and O–H groups in total. The van der Waals surface area contributed by atoms with Gasteiger partial charge in [-0.25, -0.2) is 0 Å². The molecular weight excluding hydrogens is 244 g/mol. The molecule has 0 aromatic heterocycles. The Labute approximate surface area is 114 Å². The Morgan fingerprint density at radius 2 is 1.89 bits per heavy atom. The number of rotatable bonds is 7. The van der Waals surface area contributed by atoms with E-state index in [2.05, 4.69) is 0 Å². The molecule has 0 saturated carbocycles. The van der Waals surface area contributed by atoms with Crippen LogP contribution in [-0.4, -0.2) is 24.8 Å². The quantitative estimate of drug-likeness (QED) is 0.770. The smallest absolute Gasteiger partial charge is 0.311 e. The molecule has 4 heteroatoms. The van der Waals surface area contributed by atoms with Crippen molar-refractivity contribution in [1.29, 1.82) is 0 Å². The molecule has 4 nitrogen and oxygen atoms in total. The first-order valence-corrected chi connectivity index (χ1v) is 6.56. The second-order valence-corrected chi connectivity index (χ2v) is 4.39. The monoisotopic (exact) mass is 266 g/mol. The van der Waals surface area contributed by atoms with E-state index in [-0.39, 0.29) is 5.97 Å². The summed E-state index contributed by atoms with van der Waals surface area (Å²) in [5.74, 6) is -0.869. The lowest BCUT2D eigenvalue weighted by Gasteiger charge is -2.20. The molecule has 0 aliphatic heterocycles. The van der Waals surface area contributed by atoms with Gasteiger partial charge in [0.15, 0.2) is 0 Å². The number of esters is 1. The summed E-state index contributed by atoms with van der Waals surface area (Å²) in [6, 6.07) is 7.42. The highest BCUT2D eigenvalue weighted by atomic mass is 16.5. The Balaban J connectivity index is 2.79. The topological polar surface area (TPSA) is 55.8 Å². The van der Waals surface area contributed by atoms with E-state index in [1.807, 2.05) is 31.2 Å². The summed E-state index contributed by atoms with van der Waals surface area (Å²) in [4.78, 5) is 11.8. The molecule has 0 aliphatic carbocycles. The van der Waals surface area contributed by atoms with Gasteiger partial charge in [0.25, 0.3) is 0 Å². The van der Waals surface area contributed by atoms with Gasteiger partial charge in [0.1, 0.15) is 0 Å². The van der Waals surface area contributed by atoms with Crippen LogP contribution in [0, 0.1) is 5.92 Å². The van der Waals surface area contributed by atoms with E-state index in [0.717, 1.165) is 11.1 Å². The van der Waals surface area contributed by atoms with Crippen LogP contribution in [-0.2, 0) is 20.9 Å². The van der Waals surface area contributed by atoms with Crippen molar-refractivity contribution >= 4 is 5.97 Å². The zero-order valence-corrected chi connectivity index (χ0v) is 11.8. The normalized spacial score (nSPS) is 13.9. The molecule has 0 heterocycles. The van der Waals surface area contributed by atoms with E-state index in [9.17, 15) is 9.90 Å². The zero-order valence-electron chi connectivity index (χ0n) is 11.8. The van der Waals surface area contributed by atoms with Gasteiger partial charge in [-0.15, -0.1) is 0 Å². The third kappa shape index (κ3) is 4.33. The van der Waals surface area contributed by atoms with Crippen molar-refractivity contribution in [2.45, 2.75) is 33.0 Å². The lowest BCUT2D eigenvalue weighted by molar-refractivity contribution is -0.152. The summed E-state index contributed by atoms with van der Waals surface area (Å²) in [7, 11) is 1.64. The minimum Gasteiger partial charge on any atom is -0.466 e. The molecule has 0 bridgehead atoms. The maximum atomic E-state index is 11.8. The molecule has 0 aliphatic rings. The second-order valence-electron chi connectivity index (χ2n) is 4.39. The van der Waals surface area contributed by atoms with Gasteiger partial charge < -0.3 is 14.6 Å². The van der Waals surface area contributed by atoms with Gasteiger partial charge >= 0.3 is 5.97 Å². The molecule has 0 spiro atoms. The third-order valence-electron chi connectivity index (χ3n) is 3.04. The highest BCUT2D eigenvalue weighted by molar-refractivity contribution is 5.73. The van der Waals surface area contributed by atoms with Crippen molar-refractivity contribution in [3.8, 4) is 0 Å². The number of aliphatic hydroxyl groups is 1. The summed E-state index contributed by atoms with van der Waals surface area (Å²) in [5, 5.41) is 10.3. The van der Waals surface area contributed by atoms with E-state index >= 15 is 0 Å². The number of carbonyl (C=O) groups excluding carboxylic acids is 1. The summed E-state index contributed by atoms with van der Waals surface area (Å²) < 4.78 is 10.0. The molecular formula is C15H22O4. The first-order valence-electron chi connectivity index (χ1n) is 6.56. The second kappa shape index (κ2) is 7.92. The van der Waals surface area contributed by atoms with Crippen LogP contribution in [0.15, 0.2) is 24.3 Å². The van der Waals surface area contributed by atoms with Crippen molar-refractivity contribution in [3.05, 3.63) is 35.4 Å². The largest absolute Gasteiger partial charge is 0.466 e.